The van der Waals surface area contributed by atoms with Crippen molar-refractivity contribution in [3.8, 4) is 0 Å². The molecule has 16 heavy (non-hydrogen) atoms. The fourth-order valence-corrected chi connectivity index (χ4v) is 2.74. The smallest absolute Gasteiger partial charge is 0.0689 e. The lowest BCUT2D eigenvalue weighted by molar-refractivity contribution is 0.123. The molecule has 0 saturated carbocycles. The van der Waals surface area contributed by atoms with Gasteiger partial charge in [-0.1, -0.05) is 6.08 Å². The minimum Gasteiger partial charge on any atom is -0.393 e. The summed E-state index contributed by atoms with van der Waals surface area (Å²) in [5.41, 5.74) is 1.42. The molecule has 0 aromatic heterocycles. The number of rotatable bonds is 4. The fourth-order valence-electron chi connectivity index (χ4n) is 2.74. The van der Waals surface area contributed by atoms with Gasteiger partial charge in [0.15, 0.2) is 0 Å². The van der Waals surface area contributed by atoms with Crippen molar-refractivity contribution in [1.82, 2.24) is 4.90 Å². The molecule has 1 fully saturated rings. The summed E-state index contributed by atoms with van der Waals surface area (Å²) in [6.07, 6.45) is 6.62. The van der Waals surface area contributed by atoms with Crippen molar-refractivity contribution in [2.45, 2.75) is 44.8 Å². The Kier molecular flexibility index (Phi) is 4.38. The van der Waals surface area contributed by atoms with Gasteiger partial charge < -0.3 is 9.84 Å². The Morgan fingerprint density at radius 3 is 3.19 bits per heavy atom. The second-order valence-corrected chi connectivity index (χ2v) is 5.05. The third-order valence-electron chi connectivity index (χ3n) is 3.50. The normalized spacial score (nSPS) is 29.1. The van der Waals surface area contributed by atoms with Crippen molar-refractivity contribution in [3.63, 3.8) is 0 Å². The van der Waals surface area contributed by atoms with E-state index in [0.29, 0.717) is 6.04 Å². The maximum Gasteiger partial charge on any atom is 0.0689 e. The van der Waals surface area contributed by atoms with Gasteiger partial charge in [-0.05, 0) is 44.7 Å². The molecule has 0 amide bonds. The Morgan fingerprint density at radius 2 is 2.50 bits per heavy atom. The number of ether oxygens (including phenoxy) is 1. The lowest BCUT2D eigenvalue weighted by Gasteiger charge is -2.27. The lowest BCUT2D eigenvalue weighted by Crippen LogP contribution is -2.34. The van der Waals surface area contributed by atoms with Crippen LogP contribution in [0.3, 0.4) is 0 Å². The summed E-state index contributed by atoms with van der Waals surface area (Å²) in [6, 6.07) is 0.572. The van der Waals surface area contributed by atoms with E-state index in [0.717, 1.165) is 32.6 Å². The second-order valence-electron chi connectivity index (χ2n) is 5.05. The summed E-state index contributed by atoms with van der Waals surface area (Å²) >= 11 is 0. The van der Waals surface area contributed by atoms with Crippen molar-refractivity contribution in [1.29, 1.82) is 0 Å². The summed E-state index contributed by atoms with van der Waals surface area (Å²) in [5, 5.41) is 9.47. The topological polar surface area (TPSA) is 32.7 Å². The van der Waals surface area contributed by atoms with Crippen LogP contribution in [0.15, 0.2) is 11.6 Å². The molecule has 0 radical (unpaired) electrons. The maximum atomic E-state index is 9.47. The van der Waals surface area contributed by atoms with Gasteiger partial charge in [0.25, 0.3) is 0 Å². The molecule has 0 aliphatic carbocycles. The Bertz CT molecular complexity index is 250. The van der Waals surface area contributed by atoms with Crippen molar-refractivity contribution in [2.24, 2.45) is 0 Å². The number of nitrogens with zero attached hydrogens (tertiary/aromatic N) is 1. The molecule has 1 saturated heterocycles. The zero-order valence-electron chi connectivity index (χ0n) is 10.2. The molecule has 2 atom stereocenters. The first-order chi connectivity index (χ1) is 7.75. The van der Waals surface area contributed by atoms with Gasteiger partial charge in [0.1, 0.15) is 0 Å². The van der Waals surface area contributed by atoms with Crippen LogP contribution in [0.25, 0.3) is 0 Å². The maximum absolute atomic E-state index is 9.47. The summed E-state index contributed by atoms with van der Waals surface area (Å²) in [7, 11) is 0. The van der Waals surface area contributed by atoms with E-state index < -0.39 is 0 Å². The first-order valence-corrected chi connectivity index (χ1v) is 6.43. The predicted molar refractivity (Wildman–Crippen MR) is 64.4 cm³/mol. The highest BCUT2D eigenvalue weighted by molar-refractivity contribution is 5.08. The molecule has 3 heteroatoms. The third-order valence-corrected chi connectivity index (χ3v) is 3.50. The number of aliphatic hydroxyl groups is 1. The number of hydrogen-bond acceptors (Lipinski definition) is 3. The Hall–Kier alpha value is -0.380. The largest absolute Gasteiger partial charge is 0.393 e. The van der Waals surface area contributed by atoms with E-state index in [-0.39, 0.29) is 6.10 Å². The van der Waals surface area contributed by atoms with Gasteiger partial charge in [0.2, 0.25) is 0 Å². The first kappa shape index (κ1) is 12.1. The Balaban J connectivity index is 1.85. The van der Waals surface area contributed by atoms with E-state index in [1.165, 1.54) is 25.0 Å². The molecule has 3 nitrogen and oxygen atoms in total. The van der Waals surface area contributed by atoms with Crippen molar-refractivity contribution >= 4 is 0 Å². The van der Waals surface area contributed by atoms with Crippen molar-refractivity contribution in [2.75, 3.05) is 26.3 Å². The van der Waals surface area contributed by atoms with Crippen LogP contribution in [-0.4, -0.2) is 48.5 Å². The first-order valence-electron chi connectivity index (χ1n) is 6.43. The predicted octanol–water partition coefficient (Wildman–Crippen LogP) is 1.57. The van der Waals surface area contributed by atoms with E-state index in [9.17, 15) is 5.11 Å². The molecular formula is C13H23NO2. The number of hydrogen-bond donors (Lipinski definition) is 1. The van der Waals surface area contributed by atoms with Crippen LogP contribution >= 0.6 is 0 Å². The zero-order valence-corrected chi connectivity index (χ0v) is 10.2. The van der Waals surface area contributed by atoms with E-state index in [2.05, 4.69) is 11.0 Å². The highest BCUT2D eigenvalue weighted by Crippen LogP contribution is 2.23. The van der Waals surface area contributed by atoms with Gasteiger partial charge in [-0.15, -0.1) is 0 Å². The molecule has 2 unspecified atom stereocenters. The minimum atomic E-state index is -0.179. The third kappa shape index (κ3) is 3.30. The SMILES string of the molecule is CC(O)CC1CCCN1CC1=CCCOC1. The molecule has 2 rings (SSSR count). The molecular weight excluding hydrogens is 202 g/mol. The average molecular weight is 225 g/mol. The Labute approximate surface area is 98.1 Å². The van der Waals surface area contributed by atoms with Crippen molar-refractivity contribution < 1.29 is 9.84 Å². The summed E-state index contributed by atoms with van der Waals surface area (Å²) in [6.45, 7) is 5.78. The standard InChI is InChI=1S/C13H23NO2/c1-11(15)8-13-5-2-6-14(13)9-12-4-3-7-16-10-12/h4,11,13,15H,2-3,5-10H2,1H3. The molecule has 0 aromatic carbocycles. The molecule has 1 N–H and O–H groups in total. The average Bonchev–Trinajstić information content (AvgIpc) is 2.66. The number of aliphatic hydroxyl groups excluding tert-OH is 1. The fraction of sp³-hybridized carbons (Fsp3) is 0.846. The molecule has 92 valence electrons. The molecule has 2 aliphatic rings. The van der Waals surface area contributed by atoms with E-state index >= 15 is 0 Å². The van der Waals surface area contributed by atoms with Crippen LogP contribution in [0, 0.1) is 0 Å². The molecule has 0 bridgehead atoms. The van der Waals surface area contributed by atoms with Gasteiger partial charge in [-0.3, -0.25) is 4.90 Å². The van der Waals surface area contributed by atoms with Crippen LogP contribution in [0.5, 0.6) is 0 Å². The molecule has 0 spiro atoms. The van der Waals surface area contributed by atoms with E-state index in [4.69, 9.17) is 4.74 Å². The zero-order chi connectivity index (χ0) is 11.4. The van der Waals surface area contributed by atoms with Crippen LogP contribution in [0.4, 0.5) is 0 Å². The summed E-state index contributed by atoms with van der Waals surface area (Å²) in [5.74, 6) is 0. The highest BCUT2D eigenvalue weighted by atomic mass is 16.5. The Morgan fingerprint density at radius 1 is 1.62 bits per heavy atom. The monoisotopic (exact) mass is 225 g/mol. The highest BCUT2D eigenvalue weighted by Gasteiger charge is 2.26. The van der Waals surface area contributed by atoms with Crippen LogP contribution in [0.1, 0.15) is 32.6 Å². The summed E-state index contributed by atoms with van der Waals surface area (Å²) in [4.78, 5) is 2.51. The summed E-state index contributed by atoms with van der Waals surface area (Å²) < 4.78 is 5.46. The van der Waals surface area contributed by atoms with Gasteiger partial charge >= 0.3 is 0 Å². The molecule has 2 aliphatic heterocycles. The second kappa shape index (κ2) is 5.80. The minimum absolute atomic E-state index is 0.179. The lowest BCUT2D eigenvalue weighted by atomic mass is 10.1. The van der Waals surface area contributed by atoms with Gasteiger partial charge in [-0.2, -0.15) is 0 Å². The molecule has 2 heterocycles. The number of likely N-dealkylation sites (tertiary alicyclic amines) is 1. The van der Waals surface area contributed by atoms with Gasteiger partial charge in [0.05, 0.1) is 19.3 Å². The van der Waals surface area contributed by atoms with Gasteiger partial charge in [-0.25, -0.2) is 0 Å². The van der Waals surface area contributed by atoms with Crippen LogP contribution in [-0.2, 0) is 4.74 Å². The quantitative estimate of drug-likeness (QED) is 0.737. The van der Waals surface area contributed by atoms with E-state index in [1.807, 2.05) is 6.92 Å². The van der Waals surface area contributed by atoms with Gasteiger partial charge in [0, 0.05) is 12.6 Å². The molecule has 0 aromatic rings. The van der Waals surface area contributed by atoms with E-state index in [1.54, 1.807) is 0 Å². The van der Waals surface area contributed by atoms with Crippen LogP contribution < -0.4 is 0 Å². The van der Waals surface area contributed by atoms with Crippen molar-refractivity contribution in [3.05, 3.63) is 11.6 Å². The van der Waals surface area contributed by atoms with Crippen LogP contribution in [0.2, 0.25) is 0 Å².